The third-order valence-corrected chi connectivity index (χ3v) is 10.9. The van der Waals surface area contributed by atoms with E-state index in [4.69, 9.17) is 9.40 Å². The van der Waals surface area contributed by atoms with Crippen molar-refractivity contribution in [2.45, 2.75) is 136 Å². The number of nitrogens with zero attached hydrogens (tertiary/aromatic N) is 2. The highest BCUT2D eigenvalue weighted by Crippen LogP contribution is 2.35. The van der Waals surface area contributed by atoms with E-state index in [0.29, 0.717) is 5.89 Å². The van der Waals surface area contributed by atoms with Crippen molar-refractivity contribution in [2.75, 3.05) is 5.01 Å². The first-order chi connectivity index (χ1) is 26.0. The quantitative estimate of drug-likeness (QED) is 0.103. The second-order valence-corrected chi connectivity index (χ2v) is 17.4. The SMILES string of the molecule is CCCCCCCCCCCCc1ccc2oc(-c3ccc(N4NC(C=Cc5ccc(C(C)(C)C)cc5)=CC4c4ccc(C(C)(C)C)cc4)cc3)nc2c1. The number of benzene rings is 4. The van der Waals surface area contributed by atoms with Crippen LogP contribution < -0.4 is 10.4 Å². The molecular formula is C50H63N3O. The number of unbranched alkanes of at least 4 members (excludes halogenated alkanes) is 9. The van der Waals surface area contributed by atoms with Crippen molar-refractivity contribution in [3.63, 3.8) is 0 Å². The lowest BCUT2D eigenvalue weighted by Gasteiger charge is -2.28. The Morgan fingerprint density at radius 3 is 1.87 bits per heavy atom. The minimum absolute atomic E-state index is 0.0334. The summed E-state index contributed by atoms with van der Waals surface area (Å²) in [6, 6.07) is 33.1. The van der Waals surface area contributed by atoms with Gasteiger partial charge in [-0.3, -0.25) is 10.4 Å². The van der Waals surface area contributed by atoms with E-state index in [9.17, 15) is 0 Å². The van der Waals surface area contributed by atoms with Gasteiger partial charge in [0, 0.05) is 5.56 Å². The van der Waals surface area contributed by atoms with Crippen LogP contribution in [0, 0.1) is 0 Å². The molecule has 0 aliphatic carbocycles. The van der Waals surface area contributed by atoms with E-state index >= 15 is 0 Å². The zero-order chi connectivity index (χ0) is 38.1. The summed E-state index contributed by atoms with van der Waals surface area (Å²) < 4.78 is 6.27. The maximum absolute atomic E-state index is 6.27. The largest absolute Gasteiger partial charge is 0.436 e. The van der Waals surface area contributed by atoms with Crippen molar-refractivity contribution in [1.82, 2.24) is 10.4 Å². The van der Waals surface area contributed by atoms with E-state index in [-0.39, 0.29) is 16.9 Å². The van der Waals surface area contributed by atoms with E-state index in [1.807, 2.05) is 0 Å². The molecule has 0 radical (unpaired) electrons. The second kappa shape index (κ2) is 17.7. The molecule has 0 spiro atoms. The third kappa shape index (κ3) is 10.3. The molecule has 1 aliphatic rings. The van der Waals surface area contributed by atoms with Crippen LogP contribution in [-0.4, -0.2) is 4.98 Å². The fourth-order valence-electron chi connectivity index (χ4n) is 7.35. The molecule has 2 heterocycles. The Morgan fingerprint density at radius 2 is 1.26 bits per heavy atom. The first kappa shape index (κ1) is 39.1. The van der Waals surface area contributed by atoms with Crippen LogP contribution in [-0.2, 0) is 17.3 Å². The van der Waals surface area contributed by atoms with E-state index in [2.05, 4.69) is 168 Å². The fourth-order valence-corrected chi connectivity index (χ4v) is 7.35. The molecule has 54 heavy (non-hydrogen) atoms. The summed E-state index contributed by atoms with van der Waals surface area (Å²) in [5.74, 6) is 0.663. The number of hydrazine groups is 1. The summed E-state index contributed by atoms with van der Waals surface area (Å²) >= 11 is 0. The Bertz CT molecular complexity index is 1980. The Morgan fingerprint density at radius 1 is 0.667 bits per heavy atom. The van der Waals surface area contributed by atoms with Gasteiger partial charge in [0.15, 0.2) is 5.58 Å². The number of rotatable bonds is 16. The molecule has 1 atom stereocenters. The molecule has 1 unspecified atom stereocenters. The van der Waals surface area contributed by atoms with Gasteiger partial charge in [0.25, 0.3) is 0 Å². The van der Waals surface area contributed by atoms with Crippen LogP contribution in [0.15, 0.2) is 113 Å². The third-order valence-electron chi connectivity index (χ3n) is 10.9. The maximum Gasteiger partial charge on any atom is 0.227 e. The molecule has 4 aromatic carbocycles. The van der Waals surface area contributed by atoms with Crippen molar-refractivity contribution >= 4 is 22.9 Å². The summed E-state index contributed by atoms with van der Waals surface area (Å²) in [5, 5.41) is 2.25. The fraction of sp³-hybridized carbons (Fsp3) is 0.420. The normalized spacial score (nSPS) is 15.0. The average molecular weight is 722 g/mol. The van der Waals surface area contributed by atoms with Gasteiger partial charge in [-0.05, 0) is 100 Å². The first-order valence-electron chi connectivity index (χ1n) is 20.6. The number of hydrogen-bond donors (Lipinski definition) is 1. The van der Waals surface area contributed by atoms with E-state index in [1.165, 1.54) is 92.0 Å². The van der Waals surface area contributed by atoms with Gasteiger partial charge in [-0.1, -0.05) is 167 Å². The van der Waals surface area contributed by atoms with E-state index in [0.717, 1.165) is 34.5 Å². The summed E-state index contributed by atoms with van der Waals surface area (Å²) in [4.78, 5) is 4.93. The molecule has 1 aliphatic heterocycles. The van der Waals surface area contributed by atoms with Crippen LogP contribution in [0.4, 0.5) is 5.69 Å². The number of anilines is 1. The highest BCUT2D eigenvalue weighted by Gasteiger charge is 2.26. The minimum Gasteiger partial charge on any atom is -0.436 e. The van der Waals surface area contributed by atoms with Gasteiger partial charge in [0.2, 0.25) is 5.89 Å². The lowest BCUT2D eigenvalue weighted by atomic mass is 9.86. The molecule has 4 heteroatoms. The minimum atomic E-state index is 0.0334. The Labute approximate surface area is 325 Å². The topological polar surface area (TPSA) is 41.3 Å². The highest BCUT2D eigenvalue weighted by atomic mass is 16.3. The van der Waals surface area contributed by atoms with Gasteiger partial charge in [-0.2, -0.15) is 0 Å². The highest BCUT2D eigenvalue weighted by molar-refractivity contribution is 5.77. The number of hydrogen-bond acceptors (Lipinski definition) is 4. The molecule has 284 valence electrons. The zero-order valence-corrected chi connectivity index (χ0v) is 34.1. The van der Waals surface area contributed by atoms with Gasteiger partial charge < -0.3 is 4.42 Å². The molecule has 0 saturated carbocycles. The first-order valence-corrected chi connectivity index (χ1v) is 20.6. The van der Waals surface area contributed by atoms with Crippen molar-refractivity contribution in [2.24, 2.45) is 0 Å². The van der Waals surface area contributed by atoms with Crippen molar-refractivity contribution < 1.29 is 4.42 Å². The summed E-state index contributed by atoms with van der Waals surface area (Å²) in [5.41, 5.74) is 15.3. The van der Waals surface area contributed by atoms with Crippen molar-refractivity contribution in [1.29, 1.82) is 0 Å². The number of aryl methyl sites for hydroxylation is 1. The molecule has 4 nitrogen and oxygen atoms in total. The molecule has 0 saturated heterocycles. The lowest BCUT2D eigenvalue weighted by Crippen LogP contribution is -2.34. The lowest BCUT2D eigenvalue weighted by molar-refractivity contribution is 0.556. The average Bonchev–Trinajstić information content (AvgIpc) is 3.79. The molecular weight excluding hydrogens is 659 g/mol. The summed E-state index contributed by atoms with van der Waals surface area (Å²) in [6.45, 7) is 15.8. The van der Waals surface area contributed by atoms with Gasteiger partial charge in [0.05, 0.1) is 17.4 Å². The maximum atomic E-state index is 6.27. The number of allylic oxidation sites excluding steroid dienone is 1. The van der Waals surface area contributed by atoms with Gasteiger partial charge in [0.1, 0.15) is 5.52 Å². The number of aromatic nitrogens is 1. The van der Waals surface area contributed by atoms with Gasteiger partial charge in [-0.25, -0.2) is 4.98 Å². The zero-order valence-electron chi connectivity index (χ0n) is 34.1. The molecule has 0 bridgehead atoms. The van der Waals surface area contributed by atoms with Crippen LogP contribution >= 0.6 is 0 Å². The molecule has 0 amide bonds. The van der Waals surface area contributed by atoms with Gasteiger partial charge in [-0.15, -0.1) is 0 Å². The molecule has 1 aromatic heterocycles. The summed E-state index contributed by atoms with van der Waals surface area (Å²) in [6.07, 6.45) is 21.4. The van der Waals surface area contributed by atoms with Crippen LogP contribution in [0.25, 0.3) is 28.6 Å². The Kier molecular flexibility index (Phi) is 12.8. The molecule has 6 rings (SSSR count). The van der Waals surface area contributed by atoms with E-state index in [1.54, 1.807) is 0 Å². The molecule has 1 N–H and O–H groups in total. The Balaban J connectivity index is 1.12. The predicted molar refractivity (Wildman–Crippen MR) is 231 cm³/mol. The van der Waals surface area contributed by atoms with Crippen molar-refractivity contribution in [3.8, 4) is 11.5 Å². The van der Waals surface area contributed by atoms with Crippen LogP contribution in [0.2, 0.25) is 0 Å². The molecule has 0 fully saturated rings. The Hall–Kier alpha value is -4.57. The van der Waals surface area contributed by atoms with Crippen LogP contribution in [0.1, 0.15) is 147 Å². The second-order valence-electron chi connectivity index (χ2n) is 17.4. The number of fused-ring (bicyclic) bond motifs is 1. The van der Waals surface area contributed by atoms with Gasteiger partial charge >= 0.3 is 0 Å². The molecule has 5 aromatic rings. The summed E-state index contributed by atoms with van der Waals surface area (Å²) in [7, 11) is 0. The monoisotopic (exact) mass is 721 g/mol. The van der Waals surface area contributed by atoms with Crippen LogP contribution in [0.5, 0.6) is 0 Å². The predicted octanol–water partition coefficient (Wildman–Crippen LogP) is 14.2. The van der Waals surface area contributed by atoms with Crippen molar-refractivity contribution in [3.05, 3.63) is 137 Å². The van der Waals surface area contributed by atoms with E-state index < -0.39 is 0 Å². The van der Waals surface area contributed by atoms with Crippen LogP contribution in [0.3, 0.4) is 0 Å². The number of nitrogens with one attached hydrogen (secondary N) is 1. The standard InChI is InChI=1S/C50H63N3O/c1-8-9-10-11-12-13-14-15-16-17-18-38-22-34-47-45(35-38)51-48(54-47)40-25-32-44(33-26-40)53-46(39-23-29-42(30-24-39)50(5,6)7)36-43(52-53)31-21-37-19-27-41(28-20-37)49(2,3)4/h19-36,46,52H,8-18H2,1-7H3. The smallest absolute Gasteiger partial charge is 0.227 e. The number of oxazole rings is 1.